The minimum atomic E-state index is 0.154. The number of carbonyl (C=O) groups excluding carboxylic acids is 1. The van der Waals surface area contributed by atoms with Crippen LogP contribution in [-0.2, 0) is 11.2 Å². The van der Waals surface area contributed by atoms with E-state index in [0.29, 0.717) is 6.42 Å². The maximum atomic E-state index is 12.6. The van der Waals surface area contributed by atoms with E-state index >= 15 is 0 Å². The first kappa shape index (κ1) is 15.5. The second-order valence-corrected chi connectivity index (χ2v) is 6.38. The molecule has 1 saturated heterocycles. The van der Waals surface area contributed by atoms with Crippen molar-refractivity contribution in [3.8, 4) is 5.69 Å². The molecule has 3 heterocycles. The van der Waals surface area contributed by atoms with Crippen LogP contribution in [0, 0.1) is 6.92 Å². The third-order valence-electron chi connectivity index (χ3n) is 4.53. The Balaban J connectivity index is 1.37. The van der Waals surface area contributed by atoms with Gasteiger partial charge in [0.1, 0.15) is 6.33 Å². The molecule has 8 heteroatoms. The Morgan fingerprint density at radius 2 is 2.12 bits per heavy atom. The van der Waals surface area contributed by atoms with Crippen LogP contribution in [0.2, 0.25) is 0 Å². The fourth-order valence-corrected chi connectivity index (χ4v) is 3.15. The number of benzene rings is 1. The van der Waals surface area contributed by atoms with Crippen LogP contribution < -0.4 is 0 Å². The molecule has 128 valence electrons. The highest BCUT2D eigenvalue weighted by molar-refractivity contribution is 5.79. The molecule has 1 aliphatic rings. The molecule has 8 nitrogen and oxygen atoms in total. The second-order valence-electron chi connectivity index (χ2n) is 6.38. The van der Waals surface area contributed by atoms with Gasteiger partial charge >= 0.3 is 0 Å². The van der Waals surface area contributed by atoms with Crippen molar-refractivity contribution in [1.29, 1.82) is 0 Å². The zero-order valence-corrected chi connectivity index (χ0v) is 14.0. The van der Waals surface area contributed by atoms with Crippen LogP contribution in [0.25, 0.3) is 5.69 Å². The number of tetrazole rings is 1. The second kappa shape index (κ2) is 6.46. The number of hydrogen-bond acceptors (Lipinski definition) is 5. The van der Waals surface area contributed by atoms with E-state index in [2.05, 4.69) is 20.6 Å². The van der Waals surface area contributed by atoms with Gasteiger partial charge in [-0.15, -0.1) is 5.10 Å². The molecule has 1 aliphatic heterocycles. The van der Waals surface area contributed by atoms with Crippen LogP contribution in [0.3, 0.4) is 0 Å². The highest BCUT2D eigenvalue weighted by Crippen LogP contribution is 2.22. The van der Waals surface area contributed by atoms with Gasteiger partial charge < -0.3 is 4.90 Å². The molecule has 4 rings (SSSR count). The highest BCUT2D eigenvalue weighted by Gasteiger charge is 2.27. The molecule has 25 heavy (non-hydrogen) atoms. The molecular formula is C17H19N7O. The number of aromatic nitrogens is 6. The van der Waals surface area contributed by atoms with Gasteiger partial charge in [0, 0.05) is 19.3 Å². The molecule has 2 aromatic heterocycles. The van der Waals surface area contributed by atoms with Gasteiger partial charge in [-0.1, -0.05) is 12.1 Å². The normalized spacial score (nSPS) is 17.2. The Morgan fingerprint density at radius 3 is 2.80 bits per heavy atom. The molecular weight excluding hydrogens is 318 g/mol. The first-order valence-corrected chi connectivity index (χ1v) is 8.30. The topological polar surface area (TPSA) is 81.7 Å². The summed E-state index contributed by atoms with van der Waals surface area (Å²) in [5.41, 5.74) is 3.00. The van der Waals surface area contributed by atoms with E-state index in [4.69, 9.17) is 0 Å². The summed E-state index contributed by atoms with van der Waals surface area (Å²) in [6.07, 6.45) is 6.79. The van der Waals surface area contributed by atoms with Gasteiger partial charge in [0.25, 0.3) is 0 Å². The van der Waals surface area contributed by atoms with Crippen molar-refractivity contribution in [1.82, 2.24) is 34.9 Å². The van der Waals surface area contributed by atoms with E-state index in [0.717, 1.165) is 36.3 Å². The van der Waals surface area contributed by atoms with Crippen LogP contribution in [-0.4, -0.2) is 53.9 Å². The minimum absolute atomic E-state index is 0.154. The summed E-state index contributed by atoms with van der Waals surface area (Å²) in [7, 11) is 0. The van der Waals surface area contributed by atoms with Crippen LogP contribution in [0.5, 0.6) is 0 Å². The first-order valence-electron chi connectivity index (χ1n) is 8.30. The van der Waals surface area contributed by atoms with Crippen molar-refractivity contribution in [2.24, 2.45) is 0 Å². The number of carbonyl (C=O) groups is 1. The lowest BCUT2D eigenvalue weighted by atomic mass is 10.1. The van der Waals surface area contributed by atoms with E-state index in [-0.39, 0.29) is 11.9 Å². The van der Waals surface area contributed by atoms with E-state index in [9.17, 15) is 4.79 Å². The summed E-state index contributed by atoms with van der Waals surface area (Å²) in [5, 5.41) is 15.5. The number of nitrogens with zero attached hydrogens (tertiary/aromatic N) is 7. The van der Waals surface area contributed by atoms with E-state index in [1.54, 1.807) is 11.0 Å². The summed E-state index contributed by atoms with van der Waals surface area (Å²) in [6.45, 7) is 3.54. The molecule has 1 aromatic carbocycles. The smallest absolute Gasteiger partial charge is 0.227 e. The number of aryl methyl sites for hydroxylation is 1. The molecule has 0 radical (unpaired) electrons. The van der Waals surface area contributed by atoms with Crippen molar-refractivity contribution < 1.29 is 4.79 Å². The van der Waals surface area contributed by atoms with Gasteiger partial charge in [-0.05, 0) is 47.0 Å². The fraction of sp³-hybridized carbons (Fsp3) is 0.353. The molecule has 0 saturated carbocycles. The molecule has 0 N–H and O–H groups in total. The number of amides is 1. The van der Waals surface area contributed by atoms with Gasteiger partial charge in [-0.3, -0.25) is 9.48 Å². The largest absolute Gasteiger partial charge is 0.340 e. The average Bonchev–Trinajstić information content (AvgIpc) is 3.36. The molecule has 0 bridgehead atoms. The highest BCUT2D eigenvalue weighted by atomic mass is 16.2. The molecule has 1 fully saturated rings. The van der Waals surface area contributed by atoms with Crippen molar-refractivity contribution >= 4 is 5.91 Å². The maximum Gasteiger partial charge on any atom is 0.227 e. The lowest BCUT2D eigenvalue weighted by molar-refractivity contribution is -0.129. The van der Waals surface area contributed by atoms with Crippen LogP contribution in [0.4, 0.5) is 0 Å². The predicted octanol–water partition coefficient (Wildman–Crippen LogP) is 1.18. The first-order chi connectivity index (χ1) is 12.2. The standard InChI is InChI=1S/C17H19N7O/c1-13-9-19-23(10-13)16-6-7-22(11-16)17(25)8-14-2-4-15(5-3-14)24-12-18-20-21-24/h2-5,9-10,12,16H,6-8,11H2,1H3. The maximum absolute atomic E-state index is 12.6. The van der Waals surface area contributed by atoms with Crippen molar-refractivity contribution in [2.75, 3.05) is 13.1 Å². The van der Waals surface area contributed by atoms with Crippen molar-refractivity contribution in [3.63, 3.8) is 0 Å². The van der Waals surface area contributed by atoms with Crippen LogP contribution >= 0.6 is 0 Å². The Kier molecular flexibility index (Phi) is 4.01. The molecule has 0 spiro atoms. The lowest BCUT2D eigenvalue weighted by Crippen LogP contribution is -2.30. The molecule has 1 atom stereocenters. The zero-order chi connectivity index (χ0) is 17.2. The molecule has 1 unspecified atom stereocenters. The summed E-state index contributed by atoms with van der Waals surface area (Å²) in [5.74, 6) is 0.154. The van der Waals surface area contributed by atoms with Gasteiger partial charge in [0.2, 0.25) is 5.91 Å². The Morgan fingerprint density at radius 1 is 1.28 bits per heavy atom. The van der Waals surface area contributed by atoms with Gasteiger partial charge in [-0.2, -0.15) is 5.10 Å². The minimum Gasteiger partial charge on any atom is -0.340 e. The molecule has 1 amide bonds. The number of hydrogen-bond donors (Lipinski definition) is 0. The summed E-state index contributed by atoms with van der Waals surface area (Å²) in [6, 6.07) is 8.00. The average molecular weight is 337 g/mol. The summed E-state index contributed by atoms with van der Waals surface area (Å²) in [4.78, 5) is 14.5. The third kappa shape index (κ3) is 3.28. The number of likely N-dealkylation sites (tertiary alicyclic amines) is 1. The lowest BCUT2D eigenvalue weighted by Gasteiger charge is -2.17. The molecule has 0 aliphatic carbocycles. The Bertz CT molecular complexity index is 854. The summed E-state index contributed by atoms with van der Waals surface area (Å²) < 4.78 is 3.56. The van der Waals surface area contributed by atoms with E-state index in [1.807, 2.05) is 53.2 Å². The Labute approximate surface area is 145 Å². The predicted molar refractivity (Wildman–Crippen MR) is 90.1 cm³/mol. The van der Waals surface area contributed by atoms with Crippen LogP contribution in [0.1, 0.15) is 23.6 Å². The summed E-state index contributed by atoms with van der Waals surface area (Å²) >= 11 is 0. The van der Waals surface area contributed by atoms with Gasteiger partial charge in [0.05, 0.1) is 24.3 Å². The SMILES string of the molecule is Cc1cnn(C2CCN(C(=O)Cc3ccc(-n4cnnn4)cc3)C2)c1. The Hall–Kier alpha value is -3.03. The zero-order valence-electron chi connectivity index (χ0n) is 14.0. The monoisotopic (exact) mass is 337 g/mol. The van der Waals surface area contributed by atoms with E-state index in [1.165, 1.54) is 0 Å². The number of rotatable bonds is 4. The quantitative estimate of drug-likeness (QED) is 0.714. The van der Waals surface area contributed by atoms with Gasteiger partial charge in [-0.25, -0.2) is 4.68 Å². The van der Waals surface area contributed by atoms with E-state index < -0.39 is 0 Å². The molecule has 3 aromatic rings. The van der Waals surface area contributed by atoms with Gasteiger partial charge in [0.15, 0.2) is 0 Å². The third-order valence-corrected chi connectivity index (χ3v) is 4.53. The fourth-order valence-electron chi connectivity index (χ4n) is 3.15. The van der Waals surface area contributed by atoms with Crippen molar-refractivity contribution in [3.05, 3.63) is 54.1 Å². The van der Waals surface area contributed by atoms with Crippen LogP contribution in [0.15, 0.2) is 43.0 Å². The van der Waals surface area contributed by atoms with Crippen molar-refractivity contribution in [2.45, 2.75) is 25.8 Å².